The average molecular weight is 370 g/mol. The van der Waals surface area contributed by atoms with E-state index in [4.69, 9.17) is 11.6 Å². The van der Waals surface area contributed by atoms with Crippen LogP contribution in [0, 0.1) is 13.8 Å². The van der Waals surface area contributed by atoms with Gasteiger partial charge in [0, 0.05) is 15.7 Å². The minimum Gasteiger partial charge on any atom is -0.324 e. The van der Waals surface area contributed by atoms with Gasteiger partial charge in [-0.15, -0.1) is 0 Å². The number of carbonyl (C=O) groups is 1. The number of benzene rings is 1. The Kier molecular flexibility index (Phi) is 3.55. The molecule has 1 aromatic carbocycles. The lowest BCUT2D eigenvalue weighted by Gasteiger charge is -2.11. The van der Waals surface area contributed by atoms with Gasteiger partial charge in [0.05, 0.1) is 22.1 Å². The molecule has 0 bridgehead atoms. The zero-order valence-corrected chi connectivity index (χ0v) is 14.1. The normalized spacial score (nSPS) is 17.0. The molecule has 7 heteroatoms. The predicted octanol–water partition coefficient (Wildman–Crippen LogP) is 3.12. The SMILES string of the molecule is CNC1C(=O)Nc2cc(-n3nc(C)c(Cl)c3C)c(Br)cc21. The minimum atomic E-state index is -0.325. The summed E-state index contributed by atoms with van der Waals surface area (Å²) in [4.78, 5) is 11.9. The molecule has 1 aliphatic rings. The molecule has 5 nitrogen and oxygen atoms in total. The third-order valence-electron chi connectivity index (χ3n) is 3.67. The topological polar surface area (TPSA) is 59.0 Å². The molecule has 0 saturated heterocycles. The molecule has 2 aromatic rings. The summed E-state index contributed by atoms with van der Waals surface area (Å²) in [6.45, 7) is 3.78. The van der Waals surface area contributed by atoms with E-state index in [9.17, 15) is 4.79 Å². The number of amides is 1. The fourth-order valence-electron chi connectivity index (χ4n) is 2.58. The Morgan fingerprint density at radius 1 is 1.43 bits per heavy atom. The highest BCUT2D eigenvalue weighted by atomic mass is 79.9. The smallest absolute Gasteiger partial charge is 0.246 e. The number of hydrogen-bond donors (Lipinski definition) is 2. The number of likely N-dealkylation sites (N-methyl/N-ethyl adjacent to an activating group) is 1. The number of nitrogens with zero attached hydrogens (tertiary/aromatic N) is 2. The van der Waals surface area contributed by atoms with E-state index in [2.05, 4.69) is 31.7 Å². The van der Waals surface area contributed by atoms with Crippen molar-refractivity contribution in [3.8, 4) is 5.69 Å². The number of anilines is 1. The van der Waals surface area contributed by atoms with Crippen molar-refractivity contribution in [2.75, 3.05) is 12.4 Å². The van der Waals surface area contributed by atoms with Gasteiger partial charge in [-0.25, -0.2) is 4.68 Å². The highest BCUT2D eigenvalue weighted by Crippen LogP contribution is 2.37. The number of carbonyl (C=O) groups excluding carboxylic acids is 1. The molecule has 1 aliphatic heterocycles. The maximum atomic E-state index is 11.9. The second kappa shape index (κ2) is 5.12. The second-order valence-electron chi connectivity index (χ2n) is 5.00. The van der Waals surface area contributed by atoms with Gasteiger partial charge < -0.3 is 10.6 Å². The number of fused-ring (bicyclic) bond motifs is 1. The molecule has 0 saturated carbocycles. The Bertz CT molecular complexity index is 756. The zero-order chi connectivity index (χ0) is 15.3. The molecule has 0 fully saturated rings. The van der Waals surface area contributed by atoms with Gasteiger partial charge in [0.1, 0.15) is 6.04 Å². The molecule has 1 unspecified atom stereocenters. The van der Waals surface area contributed by atoms with Crippen LogP contribution in [0.25, 0.3) is 5.69 Å². The van der Waals surface area contributed by atoms with Crippen molar-refractivity contribution in [2.24, 2.45) is 0 Å². The molecule has 0 radical (unpaired) electrons. The summed E-state index contributed by atoms with van der Waals surface area (Å²) in [5.74, 6) is -0.0528. The van der Waals surface area contributed by atoms with E-state index in [-0.39, 0.29) is 11.9 Å². The molecular formula is C14H14BrClN4O. The van der Waals surface area contributed by atoms with Gasteiger partial charge in [0.25, 0.3) is 0 Å². The van der Waals surface area contributed by atoms with Crippen molar-refractivity contribution in [1.29, 1.82) is 0 Å². The average Bonchev–Trinajstić information content (AvgIpc) is 2.88. The van der Waals surface area contributed by atoms with Crippen molar-refractivity contribution >= 4 is 39.1 Å². The molecule has 2 heterocycles. The lowest BCUT2D eigenvalue weighted by Crippen LogP contribution is -2.23. The van der Waals surface area contributed by atoms with Crippen LogP contribution < -0.4 is 10.6 Å². The number of halogens is 2. The van der Waals surface area contributed by atoms with Crippen LogP contribution in [-0.4, -0.2) is 22.7 Å². The third kappa shape index (κ3) is 2.18. The van der Waals surface area contributed by atoms with Crippen LogP contribution in [0.2, 0.25) is 5.02 Å². The van der Waals surface area contributed by atoms with Crippen LogP contribution in [0.3, 0.4) is 0 Å². The summed E-state index contributed by atoms with van der Waals surface area (Å²) in [5, 5.41) is 11.0. The number of nitrogens with one attached hydrogen (secondary N) is 2. The van der Waals surface area contributed by atoms with E-state index in [1.165, 1.54) is 0 Å². The summed E-state index contributed by atoms with van der Waals surface area (Å²) >= 11 is 9.77. The van der Waals surface area contributed by atoms with E-state index < -0.39 is 0 Å². The number of aromatic nitrogens is 2. The number of hydrogen-bond acceptors (Lipinski definition) is 3. The van der Waals surface area contributed by atoms with Crippen molar-refractivity contribution in [2.45, 2.75) is 19.9 Å². The van der Waals surface area contributed by atoms with Gasteiger partial charge in [-0.3, -0.25) is 4.79 Å². The van der Waals surface area contributed by atoms with E-state index >= 15 is 0 Å². The van der Waals surface area contributed by atoms with E-state index in [0.717, 1.165) is 32.8 Å². The molecule has 0 spiro atoms. The lowest BCUT2D eigenvalue weighted by molar-refractivity contribution is -0.117. The predicted molar refractivity (Wildman–Crippen MR) is 86.2 cm³/mol. The van der Waals surface area contributed by atoms with Crippen LogP contribution in [0.1, 0.15) is 23.0 Å². The van der Waals surface area contributed by atoms with Crippen LogP contribution in [0.5, 0.6) is 0 Å². The summed E-state index contributed by atoms with van der Waals surface area (Å²) in [5.41, 5.74) is 4.20. The minimum absolute atomic E-state index is 0.0528. The Morgan fingerprint density at radius 3 is 2.71 bits per heavy atom. The van der Waals surface area contributed by atoms with Crippen LogP contribution in [0.4, 0.5) is 5.69 Å². The van der Waals surface area contributed by atoms with Gasteiger partial charge in [-0.2, -0.15) is 5.10 Å². The molecule has 2 N–H and O–H groups in total. The van der Waals surface area contributed by atoms with Gasteiger partial charge in [0.15, 0.2) is 0 Å². The zero-order valence-electron chi connectivity index (χ0n) is 11.8. The first-order valence-electron chi connectivity index (χ1n) is 6.47. The van der Waals surface area contributed by atoms with Crippen molar-refractivity contribution in [3.05, 3.63) is 38.6 Å². The Balaban J connectivity index is 2.17. The number of aryl methyl sites for hydroxylation is 1. The quantitative estimate of drug-likeness (QED) is 0.855. The molecule has 3 rings (SSSR count). The molecular weight excluding hydrogens is 356 g/mol. The van der Waals surface area contributed by atoms with Gasteiger partial charge in [-0.05, 0) is 49.0 Å². The van der Waals surface area contributed by atoms with Crippen molar-refractivity contribution in [1.82, 2.24) is 15.1 Å². The van der Waals surface area contributed by atoms with Crippen LogP contribution >= 0.6 is 27.5 Å². The van der Waals surface area contributed by atoms with E-state index in [1.807, 2.05) is 26.0 Å². The monoisotopic (exact) mass is 368 g/mol. The van der Waals surface area contributed by atoms with Crippen molar-refractivity contribution in [3.63, 3.8) is 0 Å². The Hall–Kier alpha value is -1.37. The fourth-order valence-corrected chi connectivity index (χ4v) is 3.22. The third-order valence-corrected chi connectivity index (χ3v) is 4.85. The number of rotatable bonds is 2. The highest BCUT2D eigenvalue weighted by Gasteiger charge is 2.30. The maximum absolute atomic E-state index is 11.9. The molecule has 21 heavy (non-hydrogen) atoms. The first kappa shape index (κ1) is 14.6. The van der Waals surface area contributed by atoms with Crippen LogP contribution in [-0.2, 0) is 4.79 Å². The first-order valence-corrected chi connectivity index (χ1v) is 7.64. The van der Waals surface area contributed by atoms with Gasteiger partial charge in [-0.1, -0.05) is 11.6 Å². The summed E-state index contributed by atoms with van der Waals surface area (Å²) in [6, 6.07) is 3.52. The second-order valence-corrected chi connectivity index (χ2v) is 6.23. The lowest BCUT2D eigenvalue weighted by atomic mass is 10.1. The van der Waals surface area contributed by atoms with Gasteiger partial charge in [0.2, 0.25) is 5.91 Å². The summed E-state index contributed by atoms with van der Waals surface area (Å²) < 4.78 is 2.64. The molecule has 110 valence electrons. The molecule has 1 atom stereocenters. The molecule has 0 aliphatic carbocycles. The summed E-state index contributed by atoms with van der Waals surface area (Å²) in [7, 11) is 1.77. The maximum Gasteiger partial charge on any atom is 0.246 e. The highest BCUT2D eigenvalue weighted by molar-refractivity contribution is 9.10. The van der Waals surface area contributed by atoms with Crippen LogP contribution in [0.15, 0.2) is 16.6 Å². The van der Waals surface area contributed by atoms with Gasteiger partial charge >= 0.3 is 0 Å². The Labute approximate surface area is 135 Å². The molecule has 1 amide bonds. The van der Waals surface area contributed by atoms with E-state index in [1.54, 1.807) is 11.7 Å². The van der Waals surface area contributed by atoms with Crippen molar-refractivity contribution < 1.29 is 4.79 Å². The fraction of sp³-hybridized carbons (Fsp3) is 0.286. The Morgan fingerprint density at radius 2 is 2.14 bits per heavy atom. The standard InChI is InChI=1S/C14H14BrClN4O/c1-6-12(16)7(2)20(19-6)11-5-10-8(4-9(11)15)13(17-3)14(21)18-10/h4-5,13,17H,1-3H3,(H,18,21). The summed E-state index contributed by atoms with van der Waals surface area (Å²) in [6.07, 6.45) is 0. The first-order chi connectivity index (χ1) is 9.93. The van der Waals surface area contributed by atoms with E-state index in [0.29, 0.717) is 5.02 Å². The molecule has 1 aromatic heterocycles. The largest absolute Gasteiger partial charge is 0.324 e.